The van der Waals surface area contributed by atoms with Gasteiger partial charge < -0.3 is 9.47 Å². The van der Waals surface area contributed by atoms with Gasteiger partial charge in [0, 0.05) is 67.5 Å². The third kappa shape index (κ3) is 10.2. The second-order valence-electron chi connectivity index (χ2n) is 32.1. The molecule has 0 saturated carbocycles. The van der Waals surface area contributed by atoms with Gasteiger partial charge >= 0.3 is 0 Å². The van der Waals surface area contributed by atoms with Crippen LogP contribution in [0.15, 0.2) is 400 Å². The summed E-state index contributed by atoms with van der Waals surface area (Å²) in [7, 11) is 0. The molecule has 120 heavy (non-hydrogen) atoms. The number of hydrogen-bond donors (Lipinski definition) is 0. The Morgan fingerprint density at radius 3 is 0.792 bits per heavy atom. The quantitative estimate of drug-likeness (QED) is 0.134. The minimum atomic E-state index is -0.583. The Morgan fingerprint density at radius 2 is 0.408 bits per heavy atom. The van der Waals surface area contributed by atoms with E-state index in [0.717, 1.165) is 123 Å². The Labute approximate surface area is 693 Å². The maximum atomic E-state index is 6.82. The molecule has 2 atom stereocenters. The molecule has 2 bridgehead atoms. The van der Waals surface area contributed by atoms with Gasteiger partial charge in [-0.3, -0.25) is 0 Å². The van der Waals surface area contributed by atoms with E-state index in [1.165, 1.54) is 77.9 Å². The minimum absolute atomic E-state index is 0.0618. The number of benzene rings is 17. The Morgan fingerprint density at radius 1 is 0.158 bits per heavy atom. The van der Waals surface area contributed by atoms with Gasteiger partial charge in [0.25, 0.3) is 0 Å². The SMILES string of the molecule is c1ccc(-c2nc(-c3ccc(-c4ccc5c(c4)C4c6ccccc6C5c5cc(-c6ccc(-c7nc(-c8ccccc8)nc(-c8cccc(-c9ccc%10c(c9)C9(c%11ccccc%11O%10)c%10ccccc%10-c%10ccccc%109)c8)n7)cc6)ccc54)cc3)nc(-c3cccc(-c4ccc5c(c4)C4(c6ccccc6O5)c5ccccc5-c5ccccc54)c3)n2)cc1. The molecule has 7 aliphatic rings. The molecule has 8 nitrogen and oxygen atoms in total. The topological polar surface area (TPSA) is 95.8 Å². The Bertz CT molecular complexity index is 6970. The van der Waals surface area contributed by atoms with Gasteiger partial charge in [-0.25, -0.2) is 29.9 Å². The second-order valence-corrected chi connectivity index (χ2v) is 32.1. The Kier molecular flexibility index (Phi) is 14.9. The minimum Gasteiger partial charge on any atom is -0.457 e. The van der Waals surface area contributed by atoms with Crippen LogP contribution in [0.5, 0.6) is 23.0 Å². The lowest BCUT2D eigenvalue weighted by Gasteiger charge is -2.42. The second kappa shape index (κ2) is 26.4. The molecule has 8 heteroatoms. The van der Waals surface area contributed by atoms with Crippen molar-refractivity contribution in [2.75, 3.05) is 0 Å². The summed E-state index contributed by atoms with van der Waals surface area (Å²) in [6, 6.07) is 144. The van der Waals surface area contributed by atoms with Crippen LogP contribution in [0.3, 0.4) is 0 Å². The molecule has 17 aromatic carbocycles. The average molecular weight is 1530 g/mol. The van der Waals surface area contributed by atoms with Crippen molar-refractivity contribution in [3.05, 3.63) is 478 Å². The lowest BCUT2D eigenvalue weighted by Crippen LogP contribution is -2.32. The molecule has 0 amide bonds. The van der Waals surface area contributed by atoms with Gasteiger partial charge in [0.05, 0.1) is 10.8 Å². The number of hydrogen-bond acceptors (Lipinski definition) is 8. The van der Waals surface area contributed by atoms with Crippen LogP contribution in [0, 0.1) is 0 Å². The highest BCUT2D eigenvalue weighted by Gasteiger charge is 2.53. The summed E-state index contributed by atoms with van der Waals surface area (Å²) >= 11 is 0. The largest absolute Gasteiger partial charge is 0.457 e. The summed E-state index contributed by atoms with van der Waals surface area (Å²) < 4.78 is 13.6. The summed E-state index contributed by atoms with van der Waals surface area (Å²) in [5.74, 6) is 7.16. The van der Waals surface area contributed by atoms with E-state index in [9.17, 15) is 0 Å². The number of aromatic nitrogens is 6. The van der Waals surface area contributed by atoms with Crippen molar-refractivity contribution in [2.24, 2.45) is 0 Å². The van der Waals surface area contributed by atoms with Crippen LogP contribution in [-0.4, -0.2) is 29.9 Å². The molecule has 2 spiro atoms. The third-order valence-corrected chi connectivity index (χ3v) is 25.9. The lowest BCUT2D eigenvalue weighted by atomic mass is 9.60. The number of nitrogens with zero attached hydrogens (tertiary/aromatic N) is 6. The summed E-state index contributed by atoms with van der Waals surface area (Å²) in [5.41, 5.74) is 35.6. The molecule has 26 rings (SSSR count). The maximum absolute atomic E-state index is 6.82. The Balaban J connectivity index is 0.514. The van der Waals surface area contributed by atoms with E-state index in [-0.39, 0.29) is 11.8 Å². The molecule has 2 aliphatic heterocycles. The van der Waals surface area contributed by atoms with Crippen LogP contribution in [0.1, 0.15) is 89.7 Å². The van der Waals surface area contributed by atoms with Crippen molar-refractivity contribution in [3.63, 3.8) is 0 Å². The van der Waals surface area contributed by atoms with Crippen LogP contribution in [0.2, 0.25) is 0 Å². The molecule has 5 aliphatic carbocycles. The predicted octanol–water partition coefficient (Wildman–Crippen LogP) is 26.7. The van der Waals surface area contributed by atoms with E-state index < -0.39 is 10.8 Å². The fourth-order valence-corrected chi connectivity index (χ4v) is 20.6. The van der Waals surface area contributed by atoms with Gasteiger partial charge in [-0.05, 0) is 183 Å². The van der Waals surface area contributed by atoms with E-state index in [1.807, 2.05) is 36.4 Å². The van der Waals surface area contributed by atoms with Gasteiger partial charge in [0.1, 0.15) is 23.0 Å². The van der Waals surface area contributed by atoms with E-state index >= 15 is 0 Å². The number of rotatable bonds is 10. The molecule has 0 radical (unpaired) electrons. The fraction of sp³-hybridized carbons (Fsp3) is 0.0357. The molecule has 0 saturated heterocycles. The zero-order chi connectivity index (χ0) is 78.7. The number of ether oxygens (including phenoxy) is 2. The van der Waals surface area contributed by atoms with Gasteiger partial charge in [-0.1, -0.05) is 340 Å². The smallest absolute Gasteiger partial charge is 0.164 e. The average Bonchev–Trinajstić information content (AvgIpc) is 1.50. The van der Waals surface area contributed by atoms with Crippen molar-refractivity contribution in [1.82, 2.24) is 29.9 Å². The molecule has 0 fully saturated rings. The third-order valence-electron chi connectivity index (χ3n) is 25.9. The first-order chi connectivity index (χ1) is 59.4. The summed E-state index contributed by atoms with van der Waals surface area (Å²) in [5, 5.41) is 0. The first kappa shape index (κ1) is 67.7. The molecule has 19 aromatic rings. The van der Waals surface area contributed by atoms with E-state index in [1.54, 1.807) is 0 Å². The summed E-state index contributed by atoms with van der Waals surface area (Å²) in [6.45, 7) is 0. The number of fused-ring (bicyclic) bond motifs is 18. The monoisotopic (exact) mass is 1530 g/mol. The number of para-hydroxylation sites is 2. The van der Waals surface area contributed by atoms with Crippen molar-refractivity contribution in [1.29, 1.82) is 0 Å². The van der Waals surface area contributed by atoms with Crippen LogP contribution >= 0.6 is 0 Å². The van der Waals surface area contributed by atoms with Crippen molar-refractivity contribution >= 4 is 0 Å². The first-order valence-corrected chi connectivity index (χ1v) is 41.1. The van der Waals surface area contributed by atoms with Gasteiger partial charge in [0.15, 0.2) is 34.9 Å². The first-order valence-electron chi connectivity index (χ1n) is 41.1. The standard InChI is InChI=1S/C112H68N6O2/c1-3-23-69(24-4-1)105-113-107(117-109(115-105)79-29-21-27-73(61-79)77-55-59-101-97(65-77)111(95-41-17-19-43-99(95)119-101)91-37-13-9-31-81(91)82-32-10-14-38-92(82)111)71-49-45-67(46-50-71)75-53-57-87-89(63-75)103-85-35-7-8-36-86(85)104(87)90-64-76(54-58-88(90)103)68-47-51-72(52-48-68)108-114-106(70-25-5-2-6-26-70)116-110(118-108)80-30-22-28-74(62-80)78-56-60-102-98(66-78)112(96-42-18-20-44-100(96)120-102)93-39-15-11-33-83(93)84-34-12-16-40-94(84)112/h1-66,103-104H. The molecule has 558 valence electrons. The van der Waals surface area contributed by atoms with Gasteiger partial charge in [-0.2, -0.15) is 0 Å². The molecule has 2 unspecified atom stereocenters. The zero-order valence-corrected chi connectivity index (χ0v) is 64.8. The molecule has 2 aromatic heterocycles. The van der Waals surface area contributed by atoms with Crippen LogP contribution in [0.25, 0.3) is 135 Å². The summed E-state index contributed by atoms with van der Waals surface area (Å²) in [6.07, 6.45) is 0. The van der Waals surface area contributed by atoms with Gasteiger partial charge in [-0.15, -0.1) is 0 Å². The van der Waals surface area contributed by atoms with E-state index in [4.69, 9.17) is 39.4 Å². The normalized spacial score (nSPS) is 14.8. The van der Waals surface area contributed by atoms with Crippen LogP contribution in [0.4, 0.5) is 0 Å². The highest BCUT2D eigenvalue weighted by atomic mass is 16.5. The van der Waals surface area contributed by atoms with Crippen molar-refractivity contribution < 1.29 is 9.47 Å². The van der Waals surface area contributed by atoms with E-state index in [2.05, 4.69) is 364 Å². The maximum Gasteiger partial charge on any atom is 0.164 e. The predicted molar refractivity (Wildman–Crippen MR) is 477 cm³/mol. The van der Waals surface area contributed by atoms with Crippen molar-refractivity contribution in [3.8, 4) is 158 Å². The molecule has 0 N–H and O–H groups in total. The molecular formula is C112H68N6O2. The Hall–Kier alpha value is -15.6. The highest BCUT2D eigenvalue weighted by Crippen LogP contribution is 2.65. The van der Waals surface area contributed by atoms with Crippen molar-refractivity contribution in [2.45, 2.75) is 22.7 Å². The highest BCUT2D eigenvalue weighted by molar-refractivity contribution is 5.92. The molecule has 4 heterocycles. The lowest BCUT2D eigenvalue weighted by molar-refractivity contribution is 0.436. The van der Waals surface area contributed by atoms with Gasteiger partial charge in [0.2, 0.25) is 0 Å². The van der Waals surface area contributed by atoms with Crippen LogP contribution < -0.4 is 9.47 Å². The van der Waals surface area contributed by atoms with E-state index in [0.29, 0.717) is 34.9 Å². The zero-order valence-electron chi connectivity index (χ0n) is 64.8. The summed E-state index contributed by atoms with van der Waals surface area (Å²) in [4.78, 5) is 31.5. The molecular weight excluding hydrogens is 1460 g/mol. The van der Waals surface area contributed by atoms with Crippen LogP contribution in [-0.2, 0) is 10.8 Å². The fourth-order valence-electron chi connectivity index (χ4n) is 20.6.